The van der Waals surface area contributed by atoms with E-state index in [0.717, 1.165) is 17.9 Å². The second-order valence-corrected chi connectivity index (χ2v) is 7.81. The highest BCUT2D eigenvalue weighted by atomic mass is 32.2. The molecule has 0 aliphatic carbocycles. The summed E-state index contributed by atoms with van der Waals surface area (Å²) in [5.74, 6) is 1.72. The smallest absolute Gasteiger partial charge is 0.281 e. The Balaban J connectivity index is 2.05. The van der Waals surface area contributed by atoms with Crippen LogP contribution < -0.4 is 0 Å². The van der Waals surface area contributed by atoms with Crippen LogP contribution in [-0.2, 0) is 10.2 Å². The van der Waals surface area contributed by atoms with Crippen molar-refractivity contribution in [1.82, 2.24) is 8.61 Å². The first-order chi connectivity index (χ1) is 8.51. The number of hydrogen-bond donors (Lipinski definition) is 0. The molecule has 0 radical (unpaired) electrons. The second-order valence-electron chi connectivity index (χ2n) is 4.35. The van der Waals surface area contributed by atoms with Crippen molar-refractivity contribution in [2.45, 2.75) is 11.7 Å². The summed E-state index contributed by atoms with van der Waals surface area (Å²) in [5.41, 5.74) is 0. The lowest BCUT2D eigenvalue weighted by Crippen LogP contribution is -2.41. The van der Waals surface area contributed by atoms with Crippen LogP contribution in [0.5, 0.6) is 0 Å². The number of thioether (sulfide) groups is 1. The maximum Gasteiger partial charge on any atom is 0.281 e. The molecule has 1 aromatic heterocycles. The maximum atomic E-state index is 12.1. The van der Waals surface area contributed by atoms with E-state index in [2.05, 4.69) is 0 Å². The molecule has 0 N–H and O–H groups in total. The Hall–Kier alpha value is -0.500. The molecule has 0 amide bonds. The van der Waals surface area contributed by atoms with Crippen molar-refractivity contribution < 1.29 is 12.8 Å². The standard InChI is InChI=1S/C11H18N2O3S2/c1-12(2)18(14,15)13-6-5-11(17-9-7-13)10-4-3-8-16-10/h3-4,8,11H,5-7,9H2,1-2H3. The summed E-state index contributed by atoms with van der Waals surface area (Å²) < 4.78 is 32.3. The van der Waals surface area contributed by atoms with Gasteiger partial charge in [0, 0.05) is 32.9 Å². The van der Waals surface area contributed by atoms with E-state index in [0.29, 0.717) is 13.1 Å². The first-order valence-corrected chi connectivity index (χ1v) is 8.29. The van der Waals surface area contributed by atoms with Crippen molar-refractivity contribution in [3.8, 4) is 0 Å². The minimum atomic E-state index is -3.29. The number of nitrogens with zero attached hydrogens (tertiary/aromatic N) is 2. The molecule has 1 unspecified atom stereocenters. The molecular weight excluding hydrogens is 272 g/mol. The average molecular weight is 290 g/mol. The van der Waals surface area contributed by atoms with Gasteiger partial charge in [0.2, 0.25) is 0 Å². The lowest BCUT2D eigenvalue weighted by atomic mass is 10.2. The maximum absolute atomic E-state index is 12.1. The third-order valence-corrected chi connectivity index (χ3v) is 6.18. The van der Waals surface area contributed by atoms with Crippen molar-refractivity contribution in [2.24, 2.45) is 0 Å². The summed E-state index contributed by atoms with van der Waals surface area (Å²) in [7, 11) is -0.159. The zero-order valence-corrected chi connectivity index (χ0v) is 12.2. The van der Waals surface area contributed by atoms with E-state index in [1.807, 2.05) is 12.1 Å². The highest BCUT2D eigenvalue weighted by Gasteiger charge is 2.29. The van der Waals surface area contributed by atoms with E-state index < -0.39 is 10.2 Å². The molecule has 5 nitrogen and oxygen atoms in total. The summed E-state index contributed by atoms with van der Waals surface area (Å²) in [4.78, 5) is 0. The topological polar surface area (TPSA) is 53.8 Å². The average Bonchev–Trinajstić information content (AvgIpc) is 2.73. The molecule has 7 heteroatoms. The first-order valence-electron chi connectivity index (χ1n) is 5.84. The van der Waals surface area contributed by atoms with E-state index in [1.54, 1.807) is 36.4 Å². The van der Waals surface area contributed by atoms with Crippen LogP contribution in [0.4, 0.5) is 0 Å². The monoisotopic (exact) mass is 290 g/mol. The fourth-order valence-electron chi connectivity index (χ4n) is 1.91. The van der Waals surface area contributed by atoms with Crippen LogP contribution in [-0.4, -0.2) is 50.0 Å². The summed E-state index contributed by atoms with van der Waals surface area (Å²) in [5, 5.41) is 0.252. The van der Waals surface area contributed by atoms with Gasteiger partial charge < -0.3 is 4.42 Å². The molecule has 1 atom stereocenters. The minimum absolute atomic E-state index is 0.252. The predicted octanol–water partition coefficient (Wildman–Crippen LogP) is 1.57. The number of furan rings is 1. The van der Waals surface area contributed by atoms with E-state index in [4.69, 9.17) is 4.42 Å². The molecule has 0 spiro atoms. The zero-order valence-electron chi connectivity index (χ0n) is 10.6. The lowest BCUT2D eigenvalue weighted by molar-refractivity contribution is 0.382. The number of hydrogen-bond acceptors (Lipinski definition) is 4. The minimum Gasteiger partial charge on any atom is -0.468 e. The Morgan fingerprint density at radius 3 is 2.83 bits per heavy atom. The molecule has 0 saturated carbocycles. The van der Waals surface area contributed by atoms with E-state index in [9.17, 15) is 8.42 Å². The van der Waals surface area contributed by atoms with Gasteiger partial charge in [0.15, 0.2) is 0 Å². The molecule has 102 valence electrons. The zero-order chi connectivity index (χ0) is 13.2. The summed E-state index contributed by atoms with van der Waals surface area (Å²) in [6.07, 6.45) is 2.44. The van der Waals surface area contributed by atoms with Crippen LogP contribution in [0.2, 0.25) is 0 Å². The van der Waals surface area contributed by atoms with Crippen LogP contribution in [0.15, 0.2) is 22.8 Å². The molecular formula is C11H18N2O3S2. The van der Waals surface area contributed by atoms with E-state index >= 15 is 0 Å². The van der Waals surface area contributed by atoms with Gasteiger partial charge in [-0.2, -0.15) is 17.0 Å². The van der Waals surface area contributed by atoms with Crippen molar-refractivity contribution in [3.63, 3.8) is 0 Å². The molecule has 1 saturated heterocycles. The molecule has 1 aromatic rings. The summed E-state index contributed by atoms with van der Waals surface area (Å²) >= 11 is 1.75. The van der Waals surface area contributed by atoms with Crippen molar-refractivity contribution in [1.29, 1.82) is 0 Å². The SMILES string of the molecule is CN(C)S(=O)(=O)N1CCSC(c2ccco2)CC1. The highest BCUT2D eigenvalue weighted by Crippen LogP contribution is 2.35. The molecule has 1 aliphatic heterocycles. The quantitative estimate of drug-likeness (QED) is 0.848. The fraction of sp³-hybridized carbons (Fsp3) is 0.636. The lowest BCUT2D eigenvalue weighted by Gasteiger charge is -2.23. The van der Waals surface area contributed by atoms with Crippen molar-refractivity contribution in [3.05, 3.63) is 24.2 Å². The second kappa shape index (κ2) is 5.64. The Morgan fingerprint density at radius 2 is 2.22 bits per heavy atom. The van der Waals surface area contributed by atoms with Crippen molar-refractivity contribution in [2.75, 3.05) is 32.9 Å². The van der Waals surface area contributed by atoms with Gasteiger partial charge in [-0.25, -0.2) is 0 Å². The van der Waals surface area contributed by atoms with Gasteiger partial charge in [-0.1, -0.05) is 0 Å². The van der Waals surface area contributed by atoms with Crippen LogP contribution in [0.3, 0.4) is 0 Å². The van der Waals surface area contributed by atoms with Crippen LogP contribution >= 0.6 is 11.8 Å². The third-order valence-electron chi connectivity index (χ3n) is 2.95. The van der Waals surface area contributed by atoms with Gasteiger partial charge in [-0.05, 0) is 18.6 Å². The van der Waals surface area contributed by atoms with Crippen LogP contribution in [0.1, 0.15) is 17.4 Å². The van der Waals surface area contributed by atoms with Crippen LogP contribution in [0.25, 0.3) is 0 Å². The summed E-state index contributed by atoms with van der Waals surface area (Å²) in [6, 6.07) is 3.82. The fourth-order valence-corrected chi connectivity index (χ4v) is 4.33. The van der Waals surface area contributed by atoms with Gasteiger partial charge >= 0.3 is 0 Å². The largest absolute Gasteiger partial charge is 0.468 e. The molecule has 2 heterocycles. The van der Waals surface area contributed by atoms with Gasteiger partial charge in [0.25, 0.3) is 10.2 Å². The van der Waals surface area contributed by atoms with Gasteiger partial charge in [-0.3, -0.25) is 0 Å². The van der Waals surface area contributed by atoms with E-state index in [1.165, 1.54) is 4.31 Å². The normalized spacial score (nSPS) is 23.2. The van der Waals surface area contributed by atoms with Gasteiger partial charge in [-0.15, -0.1) is 11.8 Å². The highest BCUT2D eigenvalue weighted by molar-refractivity contribution is 7.99. The molecule has 0 aromatic carbocycles. The Bertz CT molecular complexity index is 470. The Labute approximate surface area is 112 Å². The Morgan fingerprint density at radius 1 is 1.44 bits per heavy atom. The molecule has 1 fully saturated rings. The van der Waals surface area contributed by atoms with Gasteiger partial charge in [0.05, 0.1) is 11.5 Å². The predicted molar refractivity (Wildman–Crippen MR) is 72.7 cm³/mol. The van der Waals surface area contributed by atoms with Gasteiger partial charge in [0.1, 0.15) is 5.76 Å². The molecule has 1 aliphatic rings. The molecule has 18 heavy (non-hydrogen) atoms. The van der Waals surface area contributed by atoms with Crippen molar-refractivity contribution >= 4 is 22.0 Å². The number of rotatable bonds is 3. The Kier molecular flexibility index (Phi) is 4.37. The van der Waals surface area contributed by atoms with Crippen LogP contribution in [0, 0.1) is 0 Å². The first kappa shape index (κ1) is 13.9. The molecule has 2 rings (SSSR count). The third kappa shape index (κ3) is 2.90. The molecule has 0 bridgehead atoms. The summed E-state index contributed by atoms with van der Waals surface area (Å²) in [6.45, 7) is 1.10. The van der Waals surface area contributed by atoms with E-state index in [-0.39, 0.29) is 5.25 Å².